The van der Waals surface area contributed by atoms with Crippen LogP contribution >= 0.6 is 0 Å². The lowest BCUT2D eigenvalue weighted by Crippen LogP contribution is -2.22. The van der Waals surface area contributed by atoms with Gasteiger partial charge >= 0.3 is 0 Å². The molecular formula is C9H13N3O2S. The van der Waals surface area contributed by atoms with Gasteiger partial charge in [0.2, 0.25) is 0 Å². The predicted octanol–water partition coefficient (Wildman–Crippen LogP) is 0.299. The molecule has 0 saturated carbocycles. The molecule has 15 heavy (non-hydrogen) atoms. The molecule has 0 fully saturated rings. The van der Waals surface area contributed by atoms with Crippen LogP contribution in [-0.2, 0) is 10.0 Å². The summed E-state index contributed by atoms with van der Waals surface area (Å²) >= 11 is 0. The monoisotopic (exact) mass is 227 g/mol. The summed E-state index contributed by atoms with van der Waals surface area (Å²) in [4.78, 5) is 2.29. The van der Waals surface area contributed by atoms with Gasteiger partial charge in [-0.3, -0.25) is 0 Å². The van der Waals surface area contributed by atoms with Gasteiger partial charge in [-0.1, -0.05) is 18.2 Å². The molecule has 0 aliphatic rings. The van der Waals surface area contributed by atoms with Gasteiger partial charge < -0.3 is 5.73 Å². The van der Waals surface area contributed by atoms with Crippen LogP contribution in [0.3, 0.4) is 0 Å². The number of hydrogen-bond donors (Lipinski definition) is 2. The molecule has 0 aliphatic carbocycles. The van der Waals surface area contributed by atoms with E-state index in [1.807, 2.05) is 0 Å². The average molecular weight is 227 g/mol. The van der Waals surface area contributed by atoms with Crippen molar-refractivity contribution in [3.63, 3.8) is 0 Å². The first kappa shape index (κ1) is 11.7. The predicted molar refractivity (Wildman–Crippen MR) is 58.9 cm³/mol. The minimum Gasteiger partial charge on any atom is -0.325 e. The summed E-state index contributed by atoms with van der Waals surface area (Å²) in [6.07, 6.45) is 0. The van der Waals surface area contributed by atoms with E-state index in [1.54, 1.807) is 25.1 Å². The van der Waals surface area contributed by atoms with Crippen molar-refractivity contribution in [3.8, 4) is 0 Å². The number of hydrogen-bond acceptors (Lipinski definition) is 4. The Morgan fingerprint density at radius 2 is 2.00 bits per heavy atom. The van der Waals surface area contributed by atoms with E-state index in [-0.39, 0.29) is 11.4 Å². The Morgan fingerprint density at radius 1 is 1.40 bits per heavy atom. The first-order valence-corrected chi connectivity index (χ1v) is 5.84. The number of sulfonamides is 1. The summed E-state index contributed by atoms with van der Waals surface area (Å²) in [5.41, 5.74) is 5.80. The standard InChI is InChI=1S/C9H13N3O2S/c1-8(7-10)11-12-15(13,14)9-5-3-2-4-6-9/h2-6,12H,7,10H2,1H3/b11-8+. The maximum absolute atomic E-state index is 11.6. The molecule has 0 spiro atoms. The van der Waals surface area contributed by atoms with Crippen molar-refractivity contribution in [2.75, 3.05) is 6.54 Å². The summed E-state index contributed by atoms with van der Waals surface area (Å²) in [6, 6.07) is 8.03. The fourth-order valence-corrected chi connectivity index (χ4v) is 1.73. The first-order valence-electron chi connectivity index (χ1n) is 4.36. The van der Waals surface area contributed by atoms with Gasteiger partial charge in [0.1, 0.15) is 0 Å². The number of nitrogens with one attached hydrogen (secondary N) is 1. The van der Waals surface area contributed by atoms with Crippen LogP contribution in [0.5, 0.6) is 0 Å². The zero-order valence-corrected chi connectivity index (χ0v) is 9.16. The molecule has 0 aliphatic heterocycles. The van der Waals surface area contributed by atoms with Gasteiger partial charge in [-0.15, -0.1) is 0 Å². The topological polar surface area (TPSA) is 84.5 Å². The number of benzene rings is 1. The number of nitrogens with two attached hydrogens (primary N) is 1. The SMILES string of the molecule is C/C(CN)=N\NS(=O)(=O)c1ccccc1. The highest BCUT2D eigenvalue weighted by molar-refractivity contribution is 7.89. The number of rotatable bonds is 4. The Morgan fingerprint density at radius 3 is 2.53 bits per heavy atom. The highest BCUT2D eigenvalue weighted by Crippen LogP contribution is 2.06. The molecule has 0 radical (unpaired) electrons. The van der Waals surface area contributed by atoms with Gasteiger partial charge in [-0.25, -0.2) is 4.83 Å². The van der Waals surface area contributed by atoms with Crippen molar-refractivity contribution in [1.29, 1.82) is 0 Å². The summed E-state index contributed by atoms with van der Waals surface area (Å²) in [6.45, 7) is 1.87. The Bertz CT molecular complexity index is 440. The zero-order valence-electron chi connectivity index (χ0n) is 8.34. The van der Waals surface area contributed by atoms with E-state index in [4.69, 9.17) is 5.73 Å². The lowest BCUT2D eigenvalue weighted by atomic mass is 10.4. The van der Waals surface area contributed by atoms with E-state index in [0.717, 1.165) is 0 Å². The summed E-state index contributed by atoms with van der Waals surface area (Å²) in [5.74, 6) is 0. The lowest BCUT2D eigenvalue weighted by Gasteiger charge is -2.03. The van der Waals surface area contributed by atoms with E-state index in [9.17, 15) is 8.42 Å². The van der Waals surface area contributed by atoms with E-state index in [0.29, 0.717) is 5.71 Å². The third kappa shape index (κ3) is 3.34. The third-order valence-corrected chi connectivity index (χ3v) is 2.93. The van der Waals surface area contributed by atoms with Crippen LogP contribution in [0.4, 0.5) is 0 Å². The molecule has 1 aromatic carbocycles. The molecule has 1 aromatic rings. The third-order valence-electron chi connectivity index (χ3n) is 1.71. The van der Waals surface area contributed by atoms with Gasteiger partial charge in [-0.2, -0.15) is 13.5 Å². The summed E-state index contributed by atoms with van der Waals surface area (Å²) in [5, 5.41) is 3.64. The van der Waals surface area contributed by atoms with Crippen LogP contribution in [0.1, 0.15) is 6.92 Å². The van der Waals surface area contributed by atoms with Crippen molar-refractivity contribution >= 4 is 15.7 Å². The fraction of sp³-hybridized carbons (Fsp3) is 0.222. The molecule has 0 amide bonds. The van der Waals surface area contributed by atoms with Crippen LogP contribution in [0.2, 0.25) is 0 Å². The van der Waals surface area contributed by atoms with Crippen LogP contribution in [0, 0.1) is 0 Å². The Labute approximate surface area is 89.0 Å². The maximum Gasteiger partial charge on any atom is 0.276 e. The number of hydrazone groups is 1. The molecule has 0 unspecified atom stereocenters. The second-order valence-electron chi connectivity index (χ2n) is 2.96. The minimum atomic E-state index is -3.56. The van der Waals surface area contributed by atoms with Gasteiger partial charge in [-0.05, 0) is 19.1 Å². The van der Waals surface area contributed by atoms with Gasteiger partial charge in [0.05, 0.1) is 4.90 Å². The van der Waals surface area contributed by atoms with Crippen molar-refractivity contribution in [1.82, 2.24) is 4.83 Å². The maximum atomic E-state index is 11.6. The fourth-order valence-electron chi connectivity index (χ4n) is 0.836. The molecule has 5 nitrogen and oxygen atoms in total. The van der Waals surface area contributed by atoms with Crippen molar-refractivity contribution in [3.05, 3.63) is 30.3 Å². The molecule has 0 aromatic heterocycles. The normalized spacial score (nSPS) is 12.5. The summed E-state index contributed by atoms with van der Waals surface area (Å²) < 4.78 is 23.2. The van der Waals surface area contributed by atoms with Crippen molar-refractivity contribution in [2.45, 2.75) is 11.8 Å². The van der Waals surface area contributed by atoms with Crippen molar-refractivity contribution in [2.24, 2.45) is 10.8 Å². The second-order valence-corrected chi connectivity index (χ2v) is 4.62. The molecule has 6 heteroatoms. The van der Waals surface area contributed by atoms with Gasteiger partial charge in [0, 0.05) is 12.3 Å². The molecule has 0 bridgehead atoms. The van der Waals surface area contributed by atoms with Gasteiger partial charge in [0.25, 0.3) is 10.0 Å². The lowest BCUT2D eigenvalue weighted by molar-refractivity contribution is 0.584. The van der Waals surface area contributed by atoms with Crippen LogP contribution in [0.25, 0.3) is 0 Å². The zero-order chi connectivity index (χ0) is 11.3. The second kappa shape index (κ2) is 4.90. The molecule has 82 valence electrons. The highest BCUT2D eigenvalue weighted by Gasteiger charge is 2.11. The Hall–Kier alpha value is -1.40. The Kier molecular flexibility index (Phi) is 3.81. The van der Waals surface area contributed by atoms with Gasteiger partial charge in [0.15, 0.2) is 0 Å². The Balaban J connectivity index is 2.87. The molecule has 3 N–H and O–H groups in total. The minimum absolute atomic E-state index is 0.179. The highest BCUT2D eigenvalue weighted by atomic mass is 32.2. The van der Waals surface area contributed by atoms with Crippen LogP contribution in [0.15, 0.2) is 40.3 Å². The first-order chi connectivity index (χ1) is 7.06. The largest absolute Gasteiger partial charge is 0.325 e. The van der Waals surface area contributed by atoms with E-state index < -0.39 is 10.0 Å². The molecule has 0 heterocycles. The average Bonchev–Trinajstić information content (AvgIpc) is 2.27. The quantitative estimate of drug-likeness (QED) is 0.573. The van der Waals surface area contributed by atoms with Crippen LogP contribution in [-0.4, -0.2) is 20.7 Å². The van der Waals surface area contributed by atoms with E-state index >= 15 is 0 Å². The number of nitrogens with zero attached hydrogens (tertiary/aromatic N) is 1. The molecule has 0 saturated heterocycles. The summed E-state index contributed by atoms with van der Waals surface area (Å²) in [7, 11) is -3.56. The smallest absolute Gasteiger partial charge is 0.276 e. The molecule has 1 rings (SSSR count). The molecular weight excluding hydrogens is 214 g/mol. The van der Waals surface area contributed by atoms with Crippen molar-refractivity contribution < 1.29 is 8.42 Å². The van der Waals surface area contributed by atoms with E-state index in [2.05, 4.69) is 9.93 Å². The molecule has 0 atom stereocenters. The van der Waals surface area contributed by atoms with E-state index in [1.165, 1.54) is 12.1 Å². The van der Waals surface area contributed by atoms with Crippen LogP contribution < -0.4 is 10.6 Å².